The lowest BCUT2D eigenvalue weighted by molar-refractivity contribution is 0.0598. The predicted molar refractivity (Wildman–Crippen MR) is 51.1 cm³/mol. The predicted octanol–water partition coefficient (Wildman–Crippen LogP) is 1.54. The molecule has 0 saturated heterocycles. The molecule has 0 aromatic heterocycles. The van der Waals surface area contributed by atoms with E-state index in [0.29, 0.717) is 0 Å². The van der Waals surface area contributed by atoms with E-state index in [-0.39, 0.29) is 11.1 Å². The van der Waals surface area contributed by atoms with Gasteiger partial charge in [-0.1, -0.05) is 12.1 Å². The first-order valence-corrected chi connectivity index (χ1v) is 4.02. The summed E-state index contributed by atoms with van der Waals surface area (Å²) in [7, 11) is 1.27. The van der Waals surface area contributed by atoms with E-state index in [1.807, 2.05) is 0 Å². The van der Waals surface area contributed by atoms with Crippen molar-refractivity contribution in [2.75, 3.05) is 7.11 Å². The minimum atomic E-state index is -0.530. The maximum atomic E-state index is 11.1. The summed E-state index contributed by atoms with van der Waals surface area (Å²) >= 11 is 3.64. The van der Waals surface area contributed by atoms with Gasteiger partial charge in [-0.05, 0) is 12.1 Å². The van der Waals surface area contributed by atoms with Crippen LogP contribution in [0.2, 0.25) is 0 Å². The van der Waals surface area contributed by atoms with E-state index in [1.165, 1.54) is 19.2 Å². The van der Waals surface area contributed by atoms with Crippen LogP contribution in [0.25, 0.3) is 0 Å². The van der Waals surface area contributed by atoms with Crippen LogP contribution < -0.4 is 0 Å². The lowest BCUT2D eigenvalue weighted by atomic mass is 10.1. The molecule has 0 radical (unpaired) electrons. The van der Waals surface area contributed by atoms with Gasteiger partial charge in [0, 0.05) is 5.56 Å². The quantitative estimate of drug-likeness (QED) is 0.576. The molecule has 0 heterocycles. The average Bonchev–Trinajstić information content (AvgIpc) is 2.16. The molecule has 0 aliphatic carbocycles. The second-order valence-electron chi connectivity index (χ2n) is 2.34. The summed E-state index contributed by atoms with van der Waals surface area (Å²) in [6.45, 7) is 0. The van der Waals surface area contributed by atoms with Gasteiger partial charge in [-0.2, -0.15) is 0 Å². The van der Waals surface area contributed by atoms with Crippen LogP contribution in [-0.4, -0.2) is 18.2 Å². The summed E-state index contributed by atoms with van der Waals surface area (Å²) in [6, 6.07) is 6.37. The Morgan fingerprint density at radius 1 is 1.23 bits per heavy atom. The highest BCUT2D eigenvalue weighted by molar-refractivity contribution is 7.97. The number of carbonyl (C=O) groups is 2. The Balaban J connectivity index is 3.19. The van der Waals surface area contributed by atoms with Crippen LogP contribution in [0.4, 0.5) is 0 Å². The fourth-order valence-corrected chi connectivity index (χ4v) is 1.15. The lowest BCUT2D eigenvalue weighted by Gasteiger charge is -2.02. The Morgan fingerprint density at radius 3 is 2.23 bits per heavy atom. The van der Waals surface area contributed by atoms with Crippen molar-refractivity contribution in [1.29, 1.82) is 0 Å². The zero-order chi connectivity index (χ0) is 9.84. The Bertz CT molecular complexity index is 346. The fraction of sp³-hybridized carbons (Fsp3) is 0.111. The van der Waals surface area contributed by atoms with Crippen molar-refractivity contribution in [3.63, 3.8) is 0 Å². The van der Waals surface area contributed by atoms with Gasteiger partial charge >= 0.3 is 5.97 Å². The minimum Gasteiger partial charge on any atom is -0.465 e. The third kappa shape index (κ3) is 2.09. The van der Waals surface area contributed by atoms with Crippen molar-refractivity contribution in [2.45, 2.75) is 0 Å². The smallest absolute Gasteiger partial charge is 0.338 e. The number of hydrogen-bond acceptors (Lipinski definition) is 3. The molecule has 3 nitrogen and oxygen atoms in total. The molecule has 0 aliphatic heterocycles. The normalized spacial score (nSPS) is 9.38. The van der Waals surface area contributed by atoms with Crippen LogP contribution in [-0.2, 0) is 4.74 Å². The highest BCUT2D eigenvalue weighted by atomic mass is 32.1. The van der Waals surface area contributed by atoms with Gasteiger partial charge in [0.25, 0.3) is 0 Å². The third-order valence-corrected chi connectivity index (χ3v) is 1.80. The third-order valence-electron chi connectivity index (χ3n) is 1.56. The molecule has 0 amide bonds. The van der Waals surface area contributed by atoms with E-state index in [1.54, 1.807) is 12.1 Å². The van der Waals surface area contributed by atoms with Gasteiger partial charge in [0.05, 0.1) is 12.7 Å². The van der Waals surface area contributed by atoms with E-state index in [2.05, 4.69) is 17.4 Å². The van der Waals surface area contributed by atoms with Gasteiger partial charge in [0.15, 0.2) is 0 Å². The Morgan fingerprint density at radius 2 is 1.77 bits per heavy atom. The van der Waals surface area contributed by atoms with Gasteiger partial charge in [-0.25, -0.2) is 4.79 Å². The van der Waals surface area contributed by atoms with E-state index in [9.17, 15) is 9.59 Å². The lowest BCUT2D eigenvalue weighted by Crippen LogP contribution is -2.07. The van der Waals surface area contributed by atoms with Crippen LogP contribution >= 0.6 is 12.6 Å². The summed E-state index contributed by atoms with van der Waals surface area (Å²) in [4.78, 5) is 22.1. The van der Waals surface area contributed by atoms with Crippen LogP contribution in [0.1, 0.15) is 20.7 Å². The number of carbonyl (C=O) groups excluding carboxylic acids is 2. The van der Waals surface area contributed by atoms with Crippen molar-refractivity contribution in [1.82, 2.24) is 0 Å². The van der Waals surface area contributed by atoms with Crippen LogP contribution in [0.5, 0.6) is 0 Å². The summed E-state index contributed by atoms with van der Waals surface area (Å²) < 4.78 is 4.50. The summed E-state index contributed by atoms with van der Waals surface area (Å²) in [5.74, 6) is -0.530. The number of hydrogen-bond donors (Lipinski definition) is 1. The number of esters is 1. The van der Waals surface area contributed by atoms with Crippen molar-refractivity contribution in [3.8, 4) is 0 Å². The second-order valence-corrected chi connectivity index (χ2v) is 2.75. The number of rotatable bonds is 2. The first kappa shape index (κ1) is 9.80. The largest absolute Gasteiger partial charge is 0.465 e. The molecule has 0 saturated carbocycles. The van der Waals surface area contributed by atoms with Crippen LogP contribution in [0.3, 0.4) is 0 Å². The van der Waals surface area contributed by atoms with Gasteiger partial charge in [0.2, 0.25) is 5.12 Å². The van der Waals surface area contributed by atoms with Gasteiger partial charge in [-0.15, -0.1) is 12.6 Å². The standard InChI is InChI=1S/C9H8O3S/c1-12-8(10)6-4-2-3-5-7(6)9(11)13/h2-5H,1H3,(H,11,13). The zero-order valence-corrected chi connectivity index (χ0v) is 7.88. The fourth-order valence-electron chi connectivity index (χ4n) is 0.958. The first-order chi connectivity index (χ1) is 6.16. The molecule has 0 unspecified atom stereocenters. The van der Waals surface area contributed by atoms with E-state index in [0.717, 1.165) is 0 Å². The highest BCUT2D eigenvalue weighted by Crippen LogP contribution is 2.11. The number of benzene rings is 1. The molecule has 0 spiro atoms. The van der Waals surface area contributed by atoms with Crippen LogP contribution in [0.15, 0.2) is 24.3 Å². The SMILES string of the molecule is COC(=O)c1ccccc1C(=O)S. The molecule has 0 atom stereocenters. The maximum absolute atomic E-state index is 11.1. The molecule has 1 aromatic rings. The first-order valence-electron chi connectivity index (χ1n) is 3.57. The van der Waals surface area contributed by atoms with E-state index < -0.39 is 11.1 Å². The molecule has 0 aliphatic rings. The Hall–Kier alpha value is -1.29. The average molecular weight is 196 g/mol. The van der Waals surface area contributed by atoms with Gasteiger partial charge < -0.3 is 4.74 Å². The van der Waals surface area contributed by atoms with Crippen molar-refractivity contribution < 1.29 is 14.3 Å². The number of thiol groups is 1. The summed E-state index contributed by atoms with van der Waals surface area (Å²) in [5.41, 5.74) is 0.502. The summed E-state index contributed by atoms with van der Waals surface area (Å²) in [5, 5.41) is -0.444. The Labute approximate surface area is 81.1 Å². The summed E-state index contributed by atoms with van der Waals surface area (Å²) in [6.07, 6.45) is 0. The number of ether oxygens (including phenoxy) is 1. The molecule has 0 fully saturated rings. The second kappa shape index (κ2) is 4.09. The molecule has 1 aromatic carbocycles. The zero-order valence-electron chi connectivity index (χ0n) is 6.98. The molecule has 68 valence electrons. The van der Waals surface area contributed by atoms with Crippen molar-refractivity contribution >= 4 is 23.7 Å². The molecule has 0 N–H and O–H groups in total. The van der Waals surface area contributed by atoms with Crippen molar-refractivity contribution in [2.24, 2.45) is 0 Å². The van der Waals surface area contributed by atoms with Crippen molar-refractivity contribution in [3.05, 3.63) is 35.4 Å². The molecule has 1 rings (SSSR count). The molecule has 0 bridgehead atoms. The van der Waals surface area contributed by atoms with E-state index in [4.69, 9.17) is 0 Å². The van der Waals surface area contributed by atoms with E-state index >= 15 is 0 Å². The minimum absolute atomic E-state index is 0.241. The van der Waals surface area contributed by atoms with Gasteiger partial charge in [0.1, 0.15) is 0 Å². The number of methoxy groups -OCH3 is 1. The highest BCUT2D eigenvalue weighted by Gasteiger charge is 2.13. The topological polar surface area (TPSA) is 43.4 Å². The van der Waals surface area contributed by atoms with Crippen LogP contribution in [0, 0.1) is 0 Å². The maximum Gasteiger partial charge on any atom is 0.338 e. The molecular weight excluding hydrogens is 188 g/mol. The molecule has 4 heteroatoms. The molecule has 13 heavy (non-hydrogen) atoms. The van der Waals surface area contributed by atoms with Gasteiger partial charge in [-0.3, -0.25) is 4.79 Å². The Kier molecular flexibility index (Phi) is 3.08. The monoisotopic (exact) mass is 196 g/mol. The molecular formula is C9H8O3S.